The Labute approximate surface area is 111 Å². The molecular formula is C15H13NO3. The van der Waals surface area contributed by atoms with Crippen molar-refractivity contribution >= 4 is 17.4 Å². The molecule has 0 saturated heterocycles. The minimum absolute atomic E-state index is 0.0137. The lowest BCUT2D eigenvalue weighted by Crippen LogP contribution is -2.16. The molecule has 0 radical (unpaired) electrons. The van der Waals surface area contributed by atoms with Crippen LogP contribution in [-0.2, 0) is 9.53 Å². The first-order valence-electron chi connectivity index (χ1n) is 5.73. The van der Waals surface area contributed by atoms with E-state index in [-0.39, 0.29) is 11.5 Å². The van der Waals surface area contributed by atoms with Crippen LogP contribution in [0.2, 0.25) is 0 Å². The van der Waals surface area contributed by atoms with Gasteiger partial charge in [-0.15, -0.1) is 0 Å². The Balaban J connectivity index is 2.51. The van der Waals surface area contributed by atoms with Crippen molar-refractivity contribution in [3.63, 3.8) is 0 Å². The predicted molar refractivity (Wildman–Crippen MR) is 72.8 cm³/mol. The Morgan fingerprint density at radius 2 is 1.68 bits per heavy atom. The zero-order valence-corrected chi connectivity index (χ0v) is 10.4. The van der Waals surface area contributed by atoms with Crippen LogP contribution < -0.4 is 0 Å². The molecule has 96 valence electrons. The molecule has 0 heterocycles. The quantitative estimate of drug-likeness (QED) is 0.677. The molecule has 1 N–H and O–H groups in total. The fourth-order valence-electron chi connectivity index (χ4n) is 1.60. The number of ether oxygens (including phenoxy) is 1. The maximum absolute atomic E-state index is 11.8. The number of phenolic OH excluding ortho intramolecular Hbond substituents is 1. The van der Waals surface area contributed by atoms with Crippen LogP contribution in [0.5, 0.6) is 5.75 Å². The van der Waals surface area contributed by atoms with Gasteiger partial charge < -0.3 is 9.84 Å². The SMILES string of the molecule is COC(=O)C(=Nc1ccccc1O)c1ccccc1. The van der Waals surface area contributed by atoms with Gasteiger partial charge in [-0.3, -0.25) is 0 Å². The fourth-order valence-corrected chi connectivity index (χ4v) is 1.60. The average molecular weight is 255 g/mol. The third-order valence-corrected chi connectivity index (χ3v) is 2.54. The van der Waals surface area contributed by atoms with Crippen LogP contribution in [0, 0.1) is 0 Å². The van der Waals surface area contributed by atoms with E-state index in [9.17, 15) is 9.90 Å². The molecule has 4 nitrogen and oxygen atoms in total. The van der Waals surface area contributed by atoms with Gasteiger partial charge in [0.25, 0.3) is 0 Å². The molecule has 0 aromatic heterocycles. The van der Waals surface area contributed by atoms with E-state index in [4.69, 9.17) is 4.74 Å². The lowest BCUT2D eigenvalue weighted by Gasteiger charge is -2.05. The number of carbonyl (C=O) groups is 1. The van der Waals surface area contributed by atoms with Crippen molar-refractivity contribution in [2.75, 3.05) is 7.11 Å². The van der Waals surface area contributed by atoms with E-state index in [1.165, 1.54) is 13.2 Å². The molecular weight excluding hydrogens is 242 g/mol. The highest BCUT2D eigenvalue weighted by molar-refractivity contribution is 6.43. The van der Waals surface area contributed by atoms with Crippen LogP contribution >= 0.6 is 0 Å². The summed E-state index contributed by atoms with van der Waals surface area (Å²) < 4.78 is 4.73. The minimum atomic E-state index is -0.547. The van der Waals surface area contributed by atoms with Gasteiger partial charge in [0.15, 0.2) is 5.71 Å². The number of carbonyl (C=O) groups excluding carboxylic acids is 1. The minimum Gasteiger partial charge on any atom is -0.506 e. The highest BCUT2D eigenvalue weighted by Gasteiger charge is 2.15. The summed E-state index contributed by atoms with van der Waals surface area (Å²) in [4.78, 5) is 16.0. The summed E-state index contributed by atoms with van der Waals surface area (Å²) in [7, 11) is 1.30. The van der Waals surface area contributed by atoms with Crippen LogP contribution in [0.3, 0.4) is 0 Å². The highest BCUT2D eigenvalue weighted by Crippen LogP contribution is 2.26. The van der Waals surface area contributed by atoms with Crippen molar-refractivity contribution in [3.05, 3.63) is 60.2 Å². The topological polar surface area (TPSA) is 58.9 Å². The zero-order chi connectivity index (χ0) is 13.7. The Hall–Kier alpha value is -2.62. The van der Waals surface area contributed by atoms with Gasteiger partial charge in [-0.25, -0.2) is 9.79 Å². The standard InChI is InChI=1S/C15H13NO3/c1-19-15(18)14(11-7-3-2-4-8-11)16-12-9-5-6-10-13(12)17/h2-10,17H,1H3. The van der Waals surface area contributed by atoms with Crippen molar-refractivity contribution < 1.29 is 14.6 Å². The van der Waals surface area contributed by atoms with Gasteiger partial charge in [0.1, 0.15) is 11.4 Å². The predicted octanol–water partition coefficient (Wildman–Crippen LogP) is 2.69. The number of aromatic hydroxyl groups is 1. The molecule has 0 spiro atoms. The molecule has 0 aliphatic carbocycles. The fraction of sp³-hybridized carbons (Fsp3) is 0.0667. The van der Waals surface area contributed by atoms with Crippen molar-refractivity contribution in [2.24, 2.45) is 4.99 Å². The van der Waals surface area contributed by atoms with Crippen LogP contribution in [0.25, 0.3) is 0 Å². The van der Waals surface area contributed by atoms with Gasteiger partial charge in [-0.2, -0.15) is 0 Å². The van der Waals surface area contributed by atoms with Gasteiger partial charge in [0, 0.05) is 5.56 Å². The maximum atomic E-state index is 11.8. The van der Waals surface area contributed by atoms with Crippen molar-refractivity contribution in [1.82, 2.24) is 0 Å². The zero-order valence-electron chi connectivity index (χ0n) is 10.4. The number of benzene rings is 2. The number of aliphatic imine (C=N–C) groups is 1. The van der Waals surface area contributed by atoms with E-state index in [2.05, 4.69) is 4.99 Å². The van der Waals surface area contributed by atoms with Crippen LogP contribution in [0.15, 0.2) is 59.6 Å². The van der Waals surface area contributed by atoms with Crippen molar-refractivity contribution in [1.29, 1.82) is 0 Å². The number of esters is 1. The highest BCUT2D eigenvalue weighted by atomic mass is 16.5. The summed E-state index contributed by atoms with van der Waals surface area (Å²) in [5.41, 5.74) is 1.12. The van der Waals surface area contributed by atoms with Crippen molar-refractivity contribution in [2.45, 2.75) is 0 Å². The number of phenols is 1. The molecule has 0 unspecified atom stereocenters. The molecule has 0 bridgehead atoms. The molecule has 0 atom stereocenters. The molecule has 2 rings (SSSR count). The summed E-state index contributed by atoms with van der Waals surface area (Å²) in [6, 6.07) is 15.5. The molecule has 0 fully saturated rings. The second-order valence-corrected chi connectivity index (χ2v) is 3.81. The smallest absolute Gasteiger partial charge is 0.357 e. The molecule has 0 aliphatic rings. The van der Waals surface area contributed by atoms with Gasteiger partial charge in [0.2, 0.25) is 0 Å². The summed E-state index contributed by atoms with van der Waals surface area (Å²) in [5.74, 6) is -0.533. The molecule has 0 saturated carbocycles. The summed E-state index contributed by atoms with van der Waals surface area (Å²) in [6.45, 7) is 0. The molecule has 0 aliphatic heterocycles. The molecule has 4 heteroatoms. The van der Waals surface area contributed by atoms with Crippen LogP contribution in [-0.4, -0.2) is 23.9 Å². The van der Waals surface area contributed by atoms with Crippen molar-refractivity contribution in [3.8, 4) is 5.75 Å². The Morgan fingerprint density at radius 3 is 2.32 bits per heavy atom. The summed E-state index contributed by atoms with van der Waals surface area (Å²) in [6.07, 6.45) is 0. The number of hydrogen-bond acceptors (Lipinski definition) is 4. The number of nitrogens with zero attached hydrogens (tertiary/aromatic N) is 1. The van der Waals surface area contributed by atoms with Gasteiger partial charge >= 0.3 is 5.97 Å². The second-order valence-electron chi connectivity index (χ2n) is 3.81. The number of para-hydroxylation sites is 2. The largest absolute Gasteiger partial charge is 0.506 e. The monoisotopic (exact) mass is 255 g/mol. The van der Waals surface area contributed by atoms with E-state index in [1.807, 2.05) is 6.07 Å². The number of hydrogen-bond donors (Lipinski definition) is 1. The second kappa shape index (κ2) is 5.82. The molecule has 2 aromatic carbocycles. The summed E-state index contributed by atoms with van der Waals surface area (Å²) in [5, 5.41) is 9.70. The van der Waals surface area contributed by atoms with Gasteiger partial charge in [0.05, 0.1) is 7.11 Å². The van der Waals surface area contributed by atoms with Gasteiger partial charge in [-0.05, 0) is 12.1 Å². The van der Waals surface area contributed by atoms with E-state index in [0.717, 1.165) is 0 Å². The lowest BCUT2D eigenvalue weighted by atomic mass is 10.1. The maximum Gasteiger partial charge on any atom is 0.357 e. The van der Waals surface area contributed by atoms with E-state index >= 15 is 0 Å². The first-order valence-corrected chi connectivity index (χ1v) is 5.73. The Bertz CT molecular complexity index is 606. The molecule has 2 aromatic rings. The third kappa shape index (κ3) is 2.98. The van der Waals surface area contributed by atoms with E-state index in [1.54, 1.807) is 42.5 Å². The first-order chi connectivity index (χ1) is 9.22. The van der Waals surface area contributed by atoms with E-state index in [0.29, 0.717) is 11.3 Å². The third-order valence-electron chi connectivity index (χ3n) is 2.54. The molecule has 0 amide bonds. The average Bonchev–Trinajstić information content (AvgIpc) is 2.46. The van der Waals surface area contributed by atoms with Crippen LogP contribution in [0.4, 0.5) is 5.69 Å². The van der Waals surface area contributed by atoms with Crippen LogP contribution in [0.1, 0.15) is 5.56 Å². The van der Waals surface area contributed by atoms with Gasteiger partial charge in [-0.1, -0.05) is 42.5 Å². The normalized spacial score (nSPS) is 11.1. The lowest BCUT2D eigenvalue weighted by molar-refractivity contribution is -0.132. The Kier molecular flexibility index (Phi) is 3.93. The Morgan fingerprint density at radius 1 is 1.05 bits per heavy atom. The first kappa shape index (κ1) is 12.8. The molecule has 19 heavy (non-hydrogen) atoms. The number of methoxy groups -OCH3 is 1. The summed E-state index contributed by atoms with van der Waals surface area (Å²) >= 11 is 0. The van der Waals surface area contributed by atoms with E-state index < -0.39 is 5.97 Å². The number of rotatable bonds is 3.